The van der Waals surface area contributed by atoms with Gasteiger partial charge < -0.3 is 15.4 Å². The van der Waals surface area contributed by atoms with Crippen LogP contribution in [-0.4, -0.2) is 18.4 Å². The van der Waals surface area contributed by atoms with Gasteiger partial charge in [0.25, 0.3) is 5.91 Å². The van der Waals surface area contributed by atoms with Crippen LogP contribution in [0.1, 0.15) is 6.92 Å². The van der Waals surface area contributed by atoms with E-state index in [0.717, 1.165) is 0 Å². The van der Waals surface area contributed by atoms with E-state index in [1.807, 2.05) is 0 Å². The molecule has 0 saturated heterocycles. The summed E-state index contributed by atoms with van der Waals surface area (Å²) in [5.74, 6) is 0.0789. The smallest absolute Gasteiger partial charge is 0.262 e. The molecule has 5 nitrogen and oxygen atoms in total. The van der Waals surface area contributed by atoms with Crippen LogP contribution < -0.4 is 15.4 Å². The first-order valence-electron chi connectivity index (χ1n) is 6.59. The number of carbonyl (C=O) groups excluding carboxylic acids is 2. The number of amides is 2. The van der Waals surface area contributed by atoms with Gasteiger partial charge in [-0.1, -0.05) is 23.7 Å². The highest BCUT2D eigenvalue weighted by Crippen LogP contribution is 2.20. The second kappa shape index (κ2) is 7.47. The Morgan fingerprint density at radius 3 is 2.36 bits per heavy atom. The largest absolute Gasteiger partial charge is 0.484 e. The molecule has 0 saturated carbocycles. The molecular weight excluding hydrogens is 304 g/mol. The second-order valence-electron chi connectivity index (χ2n) is 4.52. The summed E-state index contributed by atoms with van der Waals surface area (Å²) < 4.78 is 5.37. The molecule has 0 spiro atoms. The molecule has 0 aliphatic rings. The normalized spacial score (nSPS) is 9.91. The maximum atomic E-state index is 11.8. The summed E-state index contributed by atoms with van der Waals surface area (Å²) in [5, 5.41) is 5.78. The van der Waals surface area contributed by atoms with Crippen LogP contribution in [0.4, 0.5) is 11.4 Å². The minimum atomic E-state index is -0.306. The van der Waals surface area contributed by atoms with Crippen LogP contribution in [0.25, 0.3) is 0 Å². The lowest BCUT2D eigenvalue weighted by atomic mass is 10.3. The molecule has 2 N–H and O–H groups in total. The number of para-hydroxylation sites is 1. The first kappa shape index (κ1) is 15.9. The summed E-state index contributed by atoms with van der Waals surface area (Å²) in [6.07, 6.45) is 0. The molecule has 6 heteroatoms. The number of carbonyl (C=O) groups is 2. The van der Waals surface area contributed by atoms with E-state index < -0.39 is 0 Å². The summed E-state index contributed by atoms with van der Waals surface area (Å²) in [6.45, 7) is 1.30. The summed E-state index contributed by atoms with van der Waals surface area (Å²) in [7, 11) is 0. The number of benzene rings is 2. The van der Waals surface area contributed by atoms with Gasteiger partial charge in [0, 0.05) is 12.6 Å². The molecule has 114 valence electrons. The van der Waals surface area contributed by atoms with Crippen LogP contribution in [0.3, 0.4) is 0 Å². The molecular formula is C16H15ClN2O3. The molecule has 0 atom stereocenters. The van der Waals surface area contributed by atoms with Gasteiger partial charge in [-0.2, -0.15) is 0 Å². The fourth-order valence-corrected chi connectivity index (χ4v) is 1.92. The van der Waals surface area contributed by atoms with Gasteiger partial charge >= 0.3 is 0 Å². The van der Waals surface area contributed by atoms with Crippen molar-refractivity contribution in [3.63, 3.8) is 0 Å². The first-order valence-corrected chi connectivity index (χ1v) is 6.97. The SMILES string of the molecule is CC(=O)Nc1ccc(OCC(=O)Nc2ccccc2Cl)cc1. The van der Waals surface area contributed by atoms with Crippen molar-refractivity contribution < 1.29 is 14.3 Å². The van der Waals surface area contributed by atoms with E-state index in [0.29, 0.717) is 22.1 Å². The van der Waals surface area contributed by atoms with Crippen LogP contribution in [0.15, 0.2) is 48.5 Å². The summed E-state index contributed by atoms with van der Waals surface area (Å²) in [5.41, 5.74) is 1.21. The third-order valence-corrected chi connectivity index (χ3v) is 3.02. The molecule has 2 aromatic rings. The lowest BCUT2D eigenvalue weighted by Crippen LogP contribution is -2.20. The zero-order valence-electron chi connectivity index (χ0n) is 11.9. The predicted octanol–water partition coefficient (Wildman–Crippen LogP) is 3.32. The average Bonchev–Trinajstić information content (AvgIpc) is 2.48. The van der Waals surface area contributed by atoms with Crippen molar-refractivity contribution in [1.29, 1.82) is 0 Å². The standard InChI is InChI=1S/C16H15ClN2O3/c1-11(20)18-12-6-8-13(9-7-12)22-10-16(21)19-15-5-3-2-4-14(15)17/h2-9H,10H2,1H3,(H,18,20)(H,19,21). The highest BCUT2D eigenvalue weighted by molar-refractivity contribution is 6.33. The van der Waals surface area contributed by atoms with E-state index in [1.165, 1.54) is 6.92 Å². The minimum absolute atomic E-state index is 0.134. The van der Waals surface area contributed by atoms with Gasteiger partial charge in [-0.15, -0.1) is 0 Å². The fourth-order valence-electron chi connectivity index (χ4n) is 1.74. The molecule has 22 heavy (non-hydrogen) atoms. The quantitative estimate of drug-likeness (QED) is 0.888. The Morgan fingerprint density at radius 1 is 1.05 bits per heavy atom. The van der Waals surface area contributed by atoms with Gasteiger partial charge in [0.1, 0.15) is 5.75 Å². The van der Waals surface area contributed by atoms with Crippen LogP contribution in [-0.2, 0) is 9.59 Å². The molecule has 0 bridgehead atoms. The first-order chi connectivity index (χ1) is 10.5. The lowest BCUT2D eigenvalue weighted by molar-refractivity contribution is -0.118. The van der Waals surface area contributed by atoms with Crippen molar-refractivity contribution in [1.82, 2.24) is 0 Å². The Hall–Kier alpha value is -2.53. The summed E-state index contributed by atoms with van der Waals surface area (Å²) >= 11 is 5.95. The van der Waals surface area contributed by atoms with Gasteiger partial charge in [-0.05, 0) is 36.4 Å². The molecule has 0 aliphatic carbocycles. The molecule has 2 aromatic carbocycles. The summed E-state index contributed by atoms with van der Waals surface area (Å²) in [4.78, 5) is 22.7. The Labute approximate surface area is 133 Å². The van der Waals surface area contributed by atoms with Gasteiger partial charge in [0.05, 0.1) is 10.7 Å². The maximum Gasteiger partial charge on any atom is 0.262 e. The second-order valence-corrected chi connectivity index (χ2v) is 4.93. The monoisotopic (exact) mass is 318 g/mol. The number of rotatable bonds is 5. The van der Waals surface area contributed by atoms with E-state index in [9.17, 15) is 9.59 Å². The minimum Gasteiger partial charge on any atom is -0.484 e. The topological polar surface area (TPSA) is 67.4 Å². The zero-order valence-corrected chi connectivity index (χ0v) is 12.7. The molecule has 0 unspecified atom stereocenters. The van der Waals surface area contributed by atoms with Crippen molar-refractivity contribution in [3.8, 4) is 5.75 Å². The van der Waals surface area contributed by atoms with Crippen LogP contribution in [0.2, 0.25) is 5.02 Å². The molecule has 0 radical (unpaired) electrons. The van der Waals surface area contributed by atoms with Crippen LogP contribution in [0.5, 0.6) is 5.75 Å². The van der Waals surface area contributed by atoms with Crippen LogP contribution in [0, 0.1) is 0 Å². The highest BCUT2D eigenvalue weighted by atomic mass is 35.5. The zero-order chi connectivity index (χ0) is 15.9. The molecule has 2 rings (SSSR count). The van der Waals surface area contributed by atoms with Crippen molar-refractivity contribution in [2.45, 2.75) is 6.92 Å². The fraction of sp³-hybridized carbons (Fsp3) is 0.125. The number of nitrogens with one attached hydrogen (secondary N) is 2. The third kappa shape index (κ3) is 4.79. The molecule has 0 heterocycles. The number of hydrogen-bond donors (Lipinski definition) is 2. The van der Waals surface area contributed by atoms with Crippen molar-refractivity contribution in [3.05, 3.63) is 53.6 Å². The number of anilines is 2. The Morgan fingerprint density at radius 2 is 1.73 bits per heavy atom. The van der Waals surface area contributed by atoms with E-state index >= 15 is 0 Å². The van der Waals surface area contributed by atoms with Gasteiger partial charge in [-0.25, -0.2) is 0 Å². The summed E-state index contributed by atoms with van der Waals surface area (Å²) in [6, 6.07) is 13.7. The highest BCUT2D eigenvalue weighted by Gasteiger charge is 2.06. The molecule has 0 fully saturated rings. The number of halogens is 1. The Kier molecular flexibility index (Phi) is 5.38. The van der Waals surface area contributed by atoms with Crippen LogP contribution >= 0.6 is 11.6 Å². The predicted molar refractivity (Wildman–Crippen MR) is 86.3 cm³/mol. The van der Waals surface area contributed by atoms with Gasteiger partial charge in [0.15, 0.2) is 6.61 Å². The van der Waals surface area contributed by atoms with Crippen molar-refractivity contribution >= 4 is 34.8 Å². The van der Waals surface area contributed by atoms with E-state index in [2.05, 4.69) is 10.6 Å². The lowest BCUT2D eigenvalue weighted by Gasteiger charge is -2.09. The van der Waals surface area contributed by atoms with Gasteiger partial charge in [0.2, 0.25) is 5.91 Å². The van der Waals surface area contributed by atoms with Crippen molar-refractivity contribution in [2.75, 3.05) is 17.2 Å². The number of hydrogen-bond acceptors (Lipinski definition) is 3. The van der Waals surface area contributed by atoms with Crippen molar-refractivity contribution in [2.24, 2.45) is 0 Å². The maximum absolute atomic E-state index is 11.8. The number of ether oxygens (including phenoxy) is 1. The molecule has 2 amide bonds. The Bertz CT molecular complexity index is 671. The van der Waals surface area contributed by atoms with E-state index in [-0.39, 0.29) is 18.4 Å². The average molecular weight is 319 g/mol. The van der Waals surface area contributed by atoms with Gasteiger partial charge in [-0.3, -0.25) is 9.59 Å². The molecule has 0 aromatic heterocycles. The Balaban J connectivity index is 1.86. The third-order valence-electron chi connectivity index (χ3n) is 2.69. The molecule has 0 aliphatic heterocycles. The van der Waals surface area contributed by atoms with E-state index in [4.69, 9.17) is 16.3 Å². The van der Waals surface area contributed by atoms with E-state index in [1.54, 1.807) is 48.5 Å².